The lowest BCUT2D eigenvalue weighted by Gasteiger charge is -2.38. The number of carbonyl (C=O) groups is 1. The van der Waals surface area contributed by atoms with Gasteiger partial charge in [0.25, 0.3) is 5.91 Å². The van der Waals surface area contributed by atoms with Gasteiger partial charge in [0, 0.05) is 55.3 Å². The highest BCUT2D eigenvalue weighted by molar-refractivity contribution is 6.42. The molecule has 1 atom stereocenters. The monoisotopic (exact) mass is 564 g/mol. The molecule has 3 heterocycles. The minimum absolute atomic E-state index is 0.00932. The lowest BCUT2D eigenvalue weighted by atomic mass is 10.0. The summed E-state index contributed by atoms with van der Waals surface area (Å²) in [4.78, 5) is 17.6. The number of H-pyrrole nitrogens is 1. The molecule has 2 aliphatic rings. The summed E-state index contributed by atoms with van der Waals surface area (Å²) in [7, 11) is 0. The molecule has 4 aromatic rings. The Balaban J connectivity index is 1.01. The first-order valence-corrected chi connectivity index (χ1v) is 14.1. The predicted molar refractivity (Wildman–Crippen MR) is 154 cm³/mol. The van der Waals surface area contributed by atoms with Crippen LogP contribution in [0.1, 0.15) is 23.2 Å². The van der Waals surface area contributed by atoms with Crippen molar-refractivity contribution in [3.63, 3.8) is 0 Å². The Labute approximate surface area is 237 Å². The summed E-state index contributed by atoms with van der Waals surface area (Å²) in [5.74, 6) is 0.786. The van der Waals surface area contributed by atoms with Gasteiger partial charge in [0.1, 0.15) is 11.9 Å². The van der Waals surface area contributed by atoms with Crippen molar-refractivity contribution in [2.45, 2.75) is 25.0 Å². The normalized spacial score (nSPS) is 18.9. The van der Waals surface area contributed by atoms with Gasteiger partial charge in [-0.15, -0.1) is 0 Å². The van der Waals surface area contributed by atoms with Crippen molar-refractivity contribution in [3.05, 3.63) is 82.3 Å². The summed E-state index contributed by atoms with van der Waals surface area (Å²) in [6.45, 7) is 4.37. The Hall–Kier alpha value is -3.10. The van der Waals surface area contributed by atoms with E-state index in [1.54, 1.807) is 12.1 Å². The van der Waals surface area contributed by atoms with Crippen LogP contribution >= 0.6 is 23.2 Å². The molecule has 202 valence electrons. The topological polar surface area (TPSA) is 70.7 Å². The molecule has 1 amide bonds. The minimum Gasteiger partial charge on any atom is -0.490 e. The molecular weight excluding hydrogens is 535 g/mol. The molecule has 3 aromatic carbocycles. The number of nitrogens with one attached hydrogen (secondary N) is 1. The van der Waals surface area contributed by atoms with Crippen LogP contribution in [-0.2, 0) is 4.74 Å². The van der Waals surface area contributed by atoms with Crippen LogP contribution in [0.4, 0.5) is 0 Å². The van der Waals surface area contributed by atoms with E-state index in [1.807, 2.05) is 59.5 Å². The summed E-state index contributed by atoms with van der Waals surface area (Å²) in [6, 6.07) is 21.2. The van der Waals surface area contributed by atoms with E-state index in [0.29, 0.717) is 35.3 Å². The predicted octanol–water partition coefficient (Wildman–Crippen LogP) is 5.92. The molecule has 6 rings (SSSR count). The zero-order valence-corrected chi connectivity index (χ0v) is 23.0. The van der Waals surface area contributed by atoms with Crippen molar-refractivity contribution < 1.29 is 14.3 Å². The number of morpholine rings is 1. The summed E-state index contributed by atoms with van der Waals surface area (Å²) < 4.78 is 12.2. The number of carbonyl (C=O) groups excluding carboxylic acids is 1. The summed E-state index contributed by atoms with van der Waals surface area (Å²) >= 11 is 12.1. The number of para-hydroxylation sites is 1. The van der Waals surface area contributed by atoms with Crippen molar-refractivity contribution in [2.75, 3.05) is 39.3 Å². The van der Waals surface area contributed by atoms with Gasteiger partial charge in [0.05, 0.1) is 34.0 Å². The average molecular weight is 566 g/mol. The Morgan fingerprint density at radius 2 is 1.79 bits per heavy atom. The fourth-order valence-corrected chi connectivity index (χ4v) is 5.68. The SMILES string of the molecule is O=C(c1ccc(-c2n[nH]c3ccccc23)cc1)N1CCOC(CN2CCC(Oc3ccc(Cl)c(Cl)c3)CC2)C1. The Kier molecular flexibility index (Phi) is 7.75. The van der Waals surface area contributed by atoms with Gasteiger partial charge >= 0.3 is 0 Å². The van der Waals surface area contributed by atoms with Crippen molar-refractivity contribution in [1.29, 1.82) is 0 Å². The number of aromatic nitrogens is 2. The van der Waals surface area contributed by atoms with Gasteiger partial charge in [-0.3, -0.25) is 9.89 Å². The number of benzene rings is 3. The first-order chi connectivity index (χ1) is 19.0. The molecule has 2 saturated heterocycles. The zero-order chi connectivity index (χ0) is 26.8. The number of ether oxygens (including phenoxy) is 2. The number of hydrogen-bond acceptors (Lipinski definition) is 5. The summed E-state index contributed by atoms with van der Waals surface area (Å²) in [5.41, 5.74) is 3.55. The van der Waals surface area contributed by atoms with Crippen LogP contribution in [0.25, 0.3) is 22.2 Å². The van der Waals surface area contributed by atoms with Crippen molar-refractivity contribution in [2.24, 2.45) is 0 Å². The van der Waals surface area contributed by atoms with Crippen molar-refractivity contribution in [3.8, 4) is 17.0 Å². The van der Waals surface area contributed by atoms with Crippen LogP contribution in [0, 0.1) is 0 Å². The second kappa shape index (κ2) is 11.6. The number of rotatable bonds is 6. The molecule has 0 aliphatic carbocycles. The number of piperidine rings is 1. The second-order valence-corrected chi connectivity index (χ2v) is 10.9. The first-order valence-electron chi connectivity index (χ1n) is 13.3. The Morgan fingerprint density at radius 1 is 1.00 bits per heavy atom. The van der Waals surface area contributed by atoms with Crippen LogP contribution in [0.5, 0.6) is 5.75 Å². The molecule has 39 heavy (non-hydrogen) atoms. The maximum absolute atomic E-state index is 13.3. The van der Waals surface area contributed by atoms with E-state index in [0.717, 1.165) is 60.4 Å². The van der Waals surface area contributed by atoms with E-state index in [-0.39, 0.29) is 18.1 Å². The number of nitrogens with zero attached hydrogens (tertiary/aromatic N) is 3. The summed E-state index contributed by atoms with van der Waals surface area (Å²) in [5, 5.41) is 9.64. The number of amides is 1. The van der Waals surface area contributed by atoms with E-state index in [2.05, 4.69) is 15.1 Å². The third-order valence-electron chi connectivity index (χ3n) is 7.49. The minimum atomic E-state index is -0.00932. The van der Waals surface area contributed by atoms with E-state index in [1.165, 1.54) is 0 Å². The molecule has 9 heteroatoms. The molecule has 1 aromatic heterocycles. The smallest absolute Gasteiger partial charge is 0.254 e. The zero-order valence-electron chi connectivity index (χ0n) is 21.5. The number of likely N-dealkylation sites (tertiary alicyclic amines) is 1. The first kappa shape index (κ1) is 26.1. The maximum Gasteiger partial charge on any atom is 0.254 e. The lowest BCUT2D eigenvalue weighted by Crippen LogP contribution is -2.51. The van der Waals surface area contributed by atoms with Crippen LogP contribution in [0.2, 0.25) is 10.0 Å². The van der Waals surface area contributed by atoms with Gasteiger partial charge in [0.15, 0.2) is 0 Å². The van der Waals surface area contributed by atoms with Gasteiger partial charge in [0.2, 0.25) is 0 Å². The van der Waals surface area contributed by atoms with Crippen molar-refractivity contribution in [1.82, 2.24) is 20.0 Å². The Morgan fingerprint density at radius 3 is 2.59 bits per heavy atom. The van der Waals surface area contributed by atoms with Crippen LogP contribution in [-0.4, -0.2) is 77.4 Å². The number of aromatic amines is 1. The second-order valence-electron chi connectivity index (χ2n) is 10.1. The molecule has 2 fully saturated rings. The average Bonchev–Trinajstić information content (AvgIpc) is 3.40. The van der Waals surface area contributed by atoms with Crippen LogP contribution in [0.15, 0.2) is 66.7 Å². The molecule has 1 unspecified atom stereocenters. The molecule has 0 bridgehead atoms. The van der Waals surface area contributed by atoms with Gasteiger partial charge in [-0.2, -0.15) is 5.10 Å². The Bertz CT molecular complexity index is 1450. The number of halogens is 2. The standard InChI is InChI=1S/C30H30Cl2N4O3/c31-26-10-9-23(17-27(26)32)39-22-11-13-35(14-12-22)18-24-19-36(15-16-38-24)30(37)21-7-5-20(6-8-21)29-25-3-1-2-4-28(25)33-34-29/h1-10,17,22,24H,11-16,18-19H2,(H,33,34). The van der Waals surface area contributed by atoms with Gasteiger partial charge in [-0.1, -0.05) is 53.5 Å². The van der Waals surface area contributed by atoms with E-state index >= 15 is 0 Å². The third kappa shape index (κ3) is 5.92. The summed E-state index contributed by atoms with van der Waals surface area (Å²) in [6.07, 6.45) is 1.98. The molecule has 2 aliphatic heterocycles. The molecule has 1 N–H and O–H groups in total. The fraction of sp³-hybridized carbons (Fsp3) is 0.333. The third-order valence-corrected chi connectivity index (χ3v) is 8.23. The fourth-order valence-electron chi connectivity index (χ4n) is 5.39. The van der Waals surface area contributed by atoms with Gasteiger partial charge in [-0.05, 0) is 43.2 Å². The van der Waals surface area contributed by atoms with E-state index < -0.39 is 0 Å². The molecule has 7 nitrogen and oxygen atoms in total. The quantitative estimate of drug-likeness (QED) is 0.314. The lowest BCUT2D eigenvalue weighted by molar-refractivity contribution is -0.0414. The van der Waals surface area contributed by atoms with E-state index in [9.17, 15) is 4.79 Å². The number of fused-ring (bicyclic) bond motifs is 1. The maximum atomic E-state index is 13.3. The van der Waals surface area contributed by atoms with Crippen molar-refractivity contribution >= 4 is 40.0 Å². The van der Waals surface area contributed by atoms with Gasteiger partial charge in [-0.25, -0.2) is 0 Å². The number of hydrogen-bond donors (Lipinski definition) is 1. The van der Waals surface area contributed by atoms with Crippen LogP contribution in [0.3, 0.4) is 0 Å². The highest BCUT2D eigenvalue weighted by Crippen LogP contribution is 2.29. The largest absolute Gasteiger partial charge is 0.490 e. The molecular formula is C30H30Cl2N4O3. The molecule has 0 saturated carbocycles. The van der Waals surface area contributed by atoms with Gasteiger partial charge < -0.3 is 19.3 Å². The molecule has 0 spiro atoms. The molecule has 0 radical (unpaired) electrons. The highest BCUT2D eigenvalue weighted by Gasteiger charge is 2.29. The van der Waals surface area contributed by atoms with Crippen LogP contribution < -0.4 is 4.74 Å². The highest BCUT2D eigenvalue weighted by atomic mass is 35.5. The van der Waals surface area contributed by atoms with E-state index in [4.69, 9.17) is 32.7 Å².